The van der Waals surface area contributed by atoms with E-state index in [0.29, 0.717) is 16.8 Å². The number of carbonyl (C=O) groups excluding carboxylic acids is 1. The molecular weight excluding hydrogens is 246 g/mol. The van der Waals surface area contributed by atoms with Crippen LogP contribution in [0.5, 0.6) is 0 Å². The Bertz CT molecular complexity index is 521. The first kappa shape index (κ1) is 9.77. The van der Waals surface area contributed by atoms with Crippen LogP contribution in [-0.4, -0.2) is 15.7 Å². The Kier molecular flexibility index (Phi) is 2.39. The minimum Gasteiger partial charge on any atom is -0.296 e. The number of hydrogen-bond donors (Lipinski definition) is 0. The topological polar surface area (TPSA) is 34.4 Å². The fraction of sp³-hybridized carbons (Fsp3) is 0. The molecule has 6 heteroatoms. The van der Waals surface area contributed by atoms with E-state index in [9.17, 15) is 4.79 Å². The average molecular weight is 249 g/mol. The SMILES string of the molecule is O=Cc1c(Cl)c(Cl)c(Cl)c2cncn12. The third-order valence-corrected chi connectivity index (χ3v) is 3.18. The van der Waals surface area contributed by atoms with Crippen LogP contribution in [0.4, 0.5) is 0 Å². The normalized spacial score (nSPS) is 10.8. The highest BCUT2D eigenvalue weighted by Crippen LogP contribution is 2.35. The number of pyridine rings is 1. The number of aromatic nitrogens is 2. The van der Waals surface area contributed by atoms with Gasteiger partial charge in [-0.25, -0.2) is 4.98 Å². The van der Waals surface area contributed by atoms with Gasteiger partial charge < -0.3 is 0 Å². The van der Waals surface area contributed by atoms with Crippen molar-refractivity contribution in [3.8, 4) is 0 Å². The Balaban J connectivity index is 3.02. The molecule has 0 N–H and O–H groups in total. The van der Waals surface area contributed by atoms with Gasteiger partial charge in [0.05, 0.1) is 33.1 Å². The summed E-state index contributed by atoms with van der Waals surface area (Å²) < 4.78 is 1.49. The predicted molar refractivity (Wildman–Crippen MR) is 55.6 cm³/mol. The number of rotatable bonds is 1. The van der Waals surface area contributed by atoms with Crippen molar-refractivity contribution in [2.75, 3.05) is 0 Å². The number of aldehydes is 1. The van der Waals surface area contributed by atoms with Crippen molar-refractivity contribution >= 4 is 46.6 Å². The minimum atomic E-state index is 0.136. The molecule has 0 atom stereocenters. The summed E-state index contributed by atoms with van der Waals surface area (Å²) in [7, 11) is 0. The monoisotopic (exact) mass is 248 g/mol. The van der Waals surface area contributed by atoms with E-state index in [1.165, 1.54) is 16.9 Å². The second-order valence-corrected chi connectivity index (χ2v) is 3.73. The largest absolute Gasteiger partial charge is 0.296 e. The fourth-order valence-electron chi connectivity index (χ4n) is 1.18. The lowest BCUT2D eigenvalue weighted by molar-refractivity contribution is 0.111. The van der Waals surface area contributed by atoms with Crippen LogP contribution in [0.1, 0.15) is 10.5 Å². The summed E-state index contributed by atoms with van der Waals surface area (Å²) in [5, 5.41) is 0.598. The van der Waals surface area contributed by atoms with E-state index < -0.39 is 0 Å². The van der Waals surface area contributed by atoms with Gasteiger partial charge in [-0.1, -0.05) is 34.8 Å². The van der Waals surface area contributed by atoms with Crippen molar-refractivity contribution in [1.82, 2.24) is 9.38 Å². The van der Waals surface area contributed by atoms with Crippen LogP contribution in [0.25, 0.3) is 5.52 Å². The number of fused-ring (bicyclic) bond motifs is 1. The number of imidazole rings is 1. The van der Waals surface area contributed by atoms with Crippen molar-refractivity contribution in [2.45, 2.75) is 0 Å². The van der Waals surface area contributed by atoms with Gasteiger partial charge in [-0.15, -0.1) is 0 Å². The van der Waals surface area contributed by atoms with Gasteiger partial charge in [-0.3, -0.25) is 9.20 Å². The maximum absolute atomic E-state index is 10.8. The molecule has 0 saturated carbocycles. The van der Waals surface area contributed by atoms with Gasteiger partial charge in [-0.2, -0.15) is 0 Å². The maximum Gasteiger partial charge on any atom is 0.168 e. The Labute approximate surface area is 94.2 Å². The molecule has 0 amide bonds. The van der Waals surface area contributed by atoms with Crippen LogP contribution >= 0.6 is 34.8 Å². The van der Waals surface area contributed by atoms with E-state index in [2.05, 4.69) is 4.98 Å². The van der Waals surface area contributed by atoms with Crippen molar-refractivity contribution in [1.29, 1.82) is 0 Å². The van der Waals surface area contributed by atoms with Crippen molar-refractivity contribution in [2.24, 2.45) is 0 Å². The Morgan fingerprint density at radius 3 is 2.57 bits per heavy atom. The zero-order valence-electron chi connectivity index (χ0n) is 6.67. The molecule has 3 nitrogen and oxygen atoms in total. The second kappa shape index (κ2) is 3.42. The number of hydrogen-bond acceptors (Lipinski definition) is 2. The lowest BCUT2D eigenvalue weighted by Crippen LogP contribution is -1.96. The van der Waals surface area contributed by atoms with Gasteiger partial charge in [0.15, 0.2) is 6.29 Å². The number of nitrogens with zero attached hydrogens (tertiary/aromatic N) is 2. The summed E-state index contributed by atoms with van der Waals surface area (Å²) in [6, 6.07) is 0. The zero-order chi connectivity index (χ0) is 10.3. The molecule has 0 aliphatic carbocycles. The molecule has 0 aliphatic heterocycles. The highest BCUT2D eigenvalue weighted by atomic mass is 35.5. The molecule has 0 aromatic carbocycles. The van der Waals surface area contributed by atoms with Crippen LogP contribution in [0.3, 0.4) is 0 Å². The van der Waals surface area contributed by atoms with Gasteiger partial charge in [-0.05, 0) is 0 Å². The van der Waals surface area contributed by atoms with E-state index in [1.807, 2.05) is 0 Å². The zero-order valence-corrected chi connectivity index (χ0v) is 8.94. The molecule has 0 bridgehead atoms. The average Bonchev–Trinajstić information content (AvgIpc) is 2.64. The van der Waals surface area contributed by atoms with E-state index in [-0.39, 0.29) is 15.7 Å². The van der Waals surface area contributed by atoms with E-state index in [0.717, 1.165) is 0 Å². The Morgan fingerprint density at radius 2 is 1.93 bits per heavy atom. The van der Waals surface area contributed by atoms with Crippen LogP contribution < -0.4 is 0 Å². The summed E-state index contributed by atoms with van der Waals surface area (Å²) in [4.78, 5) is 14.6. The third-order valence-electron chi connectivity index (χ3n) is 1.84. The lowest BCUT2D eigenvalue weighted by atomic mass is 10.3. The molecule has 2 heterocycles. The van der Waals surface area contributed by atoms with Crippen LogP contribution in [0.15, 0.2) is 12.5 Å². The summed E-state index contributed by atoms with van der Waals surface area (Å²) in [5.41, 5.74) is 0.803. The maximum atomic E-state index is 10.8. The van der Waals surface area contributed by atoms with E-state index in [1.54, 1.807) is 0 Å². The van der Waals surface area contributed by atoms with Crippen LogP contribution in [0.2, 0.25) is 15.1 Å². The smallest absolute Gasteiger partial charge is 0.168 e. The first-order valence-corrected chi connectivity index (χ1v) is 4.74. The van der Waals surface area contributed by atoms with Crippen molar-refractivity contribution < 1.29 is 4.79 Å². The first-order chi connectivity index (χ1) is 6.66. The standard InChI is InChI=1S/C8H3Cl3N2O/c9-6-4-1-12-3-13(4)5(2-14)7(10)8(6)11/h1-3H. The summed E-state index contributed by atoms with van der Waals surface area (Å²) in [6.45, 7) is 0. The van der Waals surface area contributed by atoms with E-state index in [4.69, 9.17) is 34.8 Å². The molecule has 2 rings (SSSR count). The van der Waals surface area contributed by atoms with Crippen molar-refractivity contribution in [3.63, 3.8) is 0 Å². The van der Waals surface area contributed by atoms with Gasteiger partial charge in [0.25, 0.3) is 0 Å². The first-order valence-electron chi connectivity index (χ1n) is 3.60. The van der Waals surface area contributed by atoms with Gasteiger partial charge in [0.2, 0.25) is 0 Å². The molecule has 2 aromatic rings. The molecule has 2 aromatic heterocycles. The molecule has 72 valence electrons. The molecule has 14 heavy (non-hydrogen) atoms. The fourth-order valence-corrected chi connectivity index (χ4v) is 1.89. The lowest BCUT2D eigenvalue weighted by Gasteiger charge is -2.05. The summed E-state index contributed by atoms with van der Waals surface area (Å²) >= 11 is 17.6. The van der Waals surface area contributed by atoms with Crippen LogP contribution in [0, 0.1) is 0 Å². The molecule has 0 spiro atoms. The highest BCUT2D eigenvalue weighted by molar-refractivity contribution is 6.50. The molecule has 0 unspecified atom stereocenters. The minimum absolute atomic E-state index is 0.136. The molecule has 0 aliphatic rings. The Hall–Kier alpha value is -0.770. The van der Waals surface area contributed by atoms with Crippen molar-refractivity contribution in [3.05, 3.63) is 33.3 Å². The molecule has 0 radical (unpaired) electrons. The summed E-state index contributed by atoms with van der Waals surface area (Å²) in [6.07, 6.45) is 3.57. The summed E-state index contributed by atoms with van der Waals surface area (Å²) in [5.74, 6) is 0. The van der Waals surface area contributed by atoms with Gasteiger partial charge in [0.1, 0.15) is 5.69 Å². The predicted octanol–water partition coefficient (Wildman–Crippen LogP) is 3.11. The number of carbonyl (C=O) groups is 1. The highest BCUT2D eigenvalue weighted by Gasteiger charge is 2.15. The van der Waals surface area contributed by atoms with Gasteiger partial charge >= 0.3 is 0 Å². The second-order valence-electron chi connectivity index (χ2n) is 2.59. The number of halogens is 3. The van der Waals surface area contributed by atoms with E-state index >= 15 is 0 Å². The molecule has 0 fully saturated rings. The Morgan fingerprint density at radius 1 is 1.21 bits per heavy atom. The third kappa shape index (κ3) is 1.21. The van der Waals surface area contributed by atoms with Gasteiger partial charge in [0, 0.05) is 0 Å². The quantitative estimate of drug-likeness (QED) is 0.728. The molecular formula is C8H3Cl3N2O. The van der Waals surface area contributed by atoms with Crippen LogP contribution in [-0.2, 0) is 0 Å². The molecule has 0 saturated heterocycles.